The van der Waals surface area contributed by atoms with Gasteiger partial charge in [0.2, 0.25) is 0 Å². The van der Waals surface area contributed by atoms with Crippen LogP contribution in [0, 0.1) is 0 Å². The number of fused-ring (bicyclic) bond motifs is 1. The zero-order chi connectivity index (χ0) is 14.7. The van der Waals surface area contributed by atoms with Gasteiger partial charge in [-0.1, -0.05) is 29.8 Å². The number of pyridine rings is 1. The Labute approximate surface area is 129 Å². The number of rotatable bonds is 3. The van der Waals surface area contributed by atoms with Crippen LogP contribution in [0.4, 0.5) is 5.82 Å². The van der Waals surface area contributed by atoms with Crippen molar-refractivity contribution < 1.29 is 4.74 Å². The molecule has 5 heteroatoms. The first-order valence-corrected chi connectivity index (χ1v) is 7.40. The molecule has 1 aromatic carbocycles. The van der Waals surface area contributed by atoms with E-state index in [1.807, 2.05) is 31.3 Å². The van der Waals surface area contributed by atoms with Crippen molar-refractivity contribution in [2.45, 2.75) is 13.1 Å². The number of nitrogens with zero attached hydrogens (tertiary/aromatic N) is 2. The normalized spacial score (nSPS) is 14.3. The van der Waals surface area contributed by atoms with Crippen LogP contribution in [-0.2, 0) is 13.1 Å². The average Bonchev–Trinajstić information content (AvgIpc) is 2.72. The van der Waals surface area contributed by atoms with Crippen molar-refractivity contribution in [3.63, 3.8) is 0 Å². The number of halogens is 1. The zero-order valence-corrected chi connectivity index (χ0v) is 12.7. The summed E-state index contributed by atoms with van der Waals surface area (Å²) in [6.07, 6.45) is 1.72. The summed E-state index contributed by atoms with van der Waals surface area (Å²) in [5.41, 5.74) is 2.24. The second-order valence-corrected chi connectivity index (χ2v) is 5.45. The highest BCUT2D eigenvalue weighted by atomic mass is 35.5. The fourth-order valence-electron chi connectivity index (χ4n) is 2.49. The molecule has 110 valence electrons. The topological polar surface area (TPSA) is 37.4 Å². The van der Waals surface area contributed by atoms with E-state index in [0.29, 0.717) is 11.6 Å². The van der Waals surface area contributed by atoms with E-state index in [0.717, 1.165) is 36.8 Å². The smallest absolute Gasteiger partial charge is 0.129 e. The minimum absolute atomic E-state index is 0.655. The second-order valence-electron chi connectivity index (χ2n) is 5.04. The standard InChI is InChI=1S/C16H18ClN3O/c1-18-9-13-8-16(19-10-14(13)17)20-6-7-21-15-5-3-2-4-12(15)11-20/h2-5,8,10,18H,6-7,9,11H2,1H3. The van der Waals surface area contributed by atoms with E-state index in [-0.39, 0.29) is 0 Å². The number of hydrogen-bond acceptors (Lipinski definition) is 4. The van der Waals surface area contributed by atoms with Crippen molar-refractivity contribution in [1.29, 1.82) is 0 Å². The zero-order valence-electron chi connectivity index (χ0n) is 12.0. The summed E-state index contributed by atoms with van der Waals surface area (Å²) in [7, 11) is 1.91. The van der Waals surface area contributed by atoms with Crippen molar-refractivity contribution >= 4 is 17.4 Å². The molecule has 0 saturated heterocycles. The van der Waals surface area contributed by atoms with Gasteiger partial charge in [0, 0.05) is 24.8 Å². The molecule has 0 spiro atoms. The summed E-state index contributed by atoms with van der Waals surface area (Å²) in [6, 6.07) is 10.2. The minimum Gasteiger partial charge on any atom is -0.491 e. The molecule has 1 aliphatic heterocycles. The van der Waals surface area contributed by atoms with Gasteiger partial charge in [-0.25, -0.2) is 4.98 Å². The van der Waals surface area contributed by atoms with Crippen LogP contribution in [0.3, 0.4) is 0 Å². The third kappa shape index (κ3) is 3.12. The Balaban J connectivity index is 1.88. The van der Waals surface area contributed by atoms with Gasteiger partial charge in [-0.3, -0.25) is 0 Å². The Bertz CT molecular complexity index is 633. The van der Waals surface area contributed by atoms with Gasteiger partial charge < -0.3 is 15.0 Å². The molecule has 0 amide bonds. The SMILES string of the molecule is CNCc1cc(N2CCOc3ccccc3C2)ncc1Cl. The molecule has 0 aliphatic carbocycles. The Morgan fingerprint density at radius 1 is 1.38 bits per heavy atom. The lowest BCUT2D eigenvalue weighted by Crippen LogP contribution is -2.26. The van der Waals surface area contributed by atoms with E-state index in [1.165, 1.54) is 5.56 Å². The van der Waals surface area contributed by atoms with Crippen LogP contribution in [0.25, 0.3) is 0 Å². The van der Waals surface area contributed by atoms with Gasteiger partial charge >= 0.3 is 0 Å². The van der Waals surface area contributed by atoms with Crippen LogP contribution in [0.15, 0.2) is 36.5 Å². The molecule has 1 aromatic heterocycles. The van der Waals surface area contributed by atoms with Crippen LogP contribution < -0.4 is 15.0 Å². The van der Waals surface area contributed by atoms with E-state index in [4.69, 9.17) is 16.3 Å². The maximum Gasteiger partial charge on any atom is 0.129 e. The predicted molar refractivity (Wildman–Crippen MR) is 85.0 cm³/mol. The summed E-state index contributed by atoms with van der Waals surface area (Å²) >= 11 is 6.18. The van der Waals surface area contributed by atoms with E-state index in [1.54, 1.807) is 6.20 Å². The number of para-hydroxylation sites is 1. The molecular formula is C16H18ClN3O. The van der Waals surface area contributed by atoms with Gasteiger partial charge in [-0.05, 0) is 24.7 Å². The van der Waals surface area contributed by atoms with Crippen LogP contribution in [-0.4, -0.2) is 25.2 Å². The lowest BCUT2D eigenvalue weighted by atomic mass is 10.2. The highest BCUT2D eigenvalue weighted by molar-refractivity contribution is 6.31. The molecule has 4 nitrogen and oxygen atoms in total. The molecule has 21 heavy (non-hydrogen) atoms. The molecule has 2 aromatic rings. The molecule has 1 N–H and O–H groups in total. The first-order chi connectivity index (χ1) is 10.3. The molecule has 3 rings (SSSR count). The van der Waals surface area contributed by atoms with E-state index < -0.39 is 0 Å². The molecular weight excluding hydrogens is 286 g/mol. The largest absolute Gasteiger partial charge is 0.491 e. The van der Waals surface area contributed by atoms with Crippen molar-refractivity contribution in [1.82, 2.24) is 10.3 Å². The number of ether oxygens (including phenoxy) is 1. The van der Waals surface area contributed by atoms with Crippen molar-refractivity contribution in [2.24, 2.45) is 0 Å². The summed E-state index contributed by atoms with van der Waals surface area (Å²) < 4.78 is 5.79. The molecule has 0 saturated carbocycles. The van der Waals surface area contributed by atoms with Gasteiger partial charge in [0.15, 0.2) is 0 Å². The summed E-state index contributed by atoms with van der Waals surface area (Å²) in [6.45, 7) is 2.99. The molecule has 0 radical (unpaired) electrons. The first-order valence-electron chi connectivity index (χ1n) is 7.02. The molecule has 1 aliphatic rings. The van der Waals surface area contributed by atoms with Gasteiger partial charge in [0.25, 0.3) is 0 Å². The molecule has 0 fully saturated rings. The van der Waals surface area contributed by atoms with Gasteiger partial charge in [0.1, 0.15) is 18.2 Å². The number of nitrogens with one attached hydrogen (secondary N) is 1. The van der Waals surface area contributed by atoms with Gasteiger partial charge in [-0.15, -0.1) is 0 Å². The van der Waals surface area contributed by atoms with Gasteiger partial charge in [-0.2, -0.15) is 0 Å². The Hall–Kier alpha value is -1.78. The average molecular weight is 304 g/mol. The Morgan fingerprint density at radius 2 is 2.24 bits per heavy atom. The van der Waals surface area contributed by atoms with E-state index >= 15 is 0 Å². The molecule has 2 heterocycles. The molecule has 0 bridgehead atoms. The maximum atomic E-state index is 6.18. The number of benzene rings is 1. The quantitative estimate of drug-likeness (QED) is 0.946. The number of hydrogen-bond donors (Lipinski definition) is 1. The minimum atomic E-state index is 0.655. The highest BCUT2D eigenvalue weighted by Gasteiger charge is 2.17. The van der Waals surface area contributed by atoms with Gasteiger partial charge in [0.05, 0.1) is 11.6 Å². The van der Waals surface area contributed by atoms with Crippen molar-refractivity contribution in [3.8, 4) is 5.75 Å². The lowest BCUT2D eigenvalue weighted by molar-refractivity contribution is 0.331. The summed E-state index contributed by atoms with van der Waals surface area (Å²) in [4.78, 5) is 6.69. The molecule has 0 unspecified atom stereocenters. The maximum absolute atomic E-state index is 6.18. The predicted octanol–water partition coefficient (Wildman–Crippen LogP) is 2.85. The van der Waals surface area contributed by atoms with Crippen LogP contribution in [0.1, 0.15) is 11.1 Å². The van der Waals surface area contributed by atoms with Crippen LogP contribution in [0.5, 0.6) is 5.75 Å². The Morgan fingerprint density at radius 3 is 3.10 bits per heavy atom. The van der Waals surface area contributed by atoms with Crippen LogP contribution >= 0.6 is 11.6 Å². The summed E-state index contributed by atoms with van der Waals surface area (Å²) in [5, 5.41) is 3.82. The van der Waals surface area contributed by atoms with Crippen LogP contribution in [0.2, 0.25) is 5.02 Å². The fraction of sp³-hybridized carbons (Fsp3) is 0.312. The highest BCUT2D eigenvalue weighted by Crippen LogP contribution is 2.27. The first kappa shape index (κ1) is 14.2. The second kappa shape index (κ2) is 6.33. The van der Waals surface area contributed by atoms with Crippen molar-refractivity contribution in [3.05, 3.63) is 52.7 Å². The fourth-order valence-corrected chi connectivity index (χ4v) is 2.66. The number of anilines is 1. The Kier molecular flexibility index (Phi) is 4.27. The molecule has 0 atom stereocenters. The van der Waals surface area contributed by atoms with Crippen molar-refractivity contribution in [2.75, 3.05) is 25.1 Å². The van der Waals surface area contributed by atoms with E-state index in [2.05, 4.69) is 21.3 Å². The number of aromatic nitrogens is 1. The lowest BCUT2D eigenvalue weighted by Gasteiger charge is -2.21. The third-order valence-electron chi connectivity index (χ3n) is 3.56. The monoisotopic (exact) mass is 303 g/mol. The third-order valence-corrected chi connectivity index (χ3v) is 3.90. The summed E-state index contributed by atoms with van der Waals surface area (Å²) in [5.74, 6) is 1.90. The van der Waals surface area contributed by atoms with E-state index in [9.17, 15) is 0 Å².